The molecule has 0 aliphatic heterocycles. The number of anilines is 1. The van der Waals surface area contributed by atoms with Gasteiger partial charge in [-0.2, -0.15) is 5.01 Å². The van der Waals surface area contributed by atoms with Crippen LogP contribution in [0.3, 0.4) is 0 Å². The molecule has 2 rings (SSSR count). The van der Waals surface area contributed by atoms with Gasteiger partial charge in [-0.15, -0.1) is 0 Å². The molecule has 0 fully saturated rings. The number of carbonyl (C=O) groups is 2. The van der Waals surface area contributed by atoms with E-state index in [9.17, 15) is 19.7 Å². The highest BCUT2D eigenvalue weighted by molar-refractivity contribution is 5.91. The van der Waals surface area contributed by atoms with Crippen molar-refractivity contribution in [3.05, 3.63) is 64.7 Å². The van der Waals surface area contributed by atoms with Crippen LogP contribution in [0.25, 0.3) is 0 Å². The van der Waals surface area contributed by atoms with Gasteiger partial charge in [0.25, 0.3) is 5.69 Å². The van der Waals surface area contributed by atoms with E-state index < -0.39 is 17.1 Å². The van der Waals surface area contributed by atoms with E-state index in [0.717, 1.165) is 12.1 Å². The van der Waals surface area contributed by atoms with Gasteiger partial charge >= 0.3 is 12.2 Å². The number of methoxy groups -OCH3 is 1. The molecule has 0 saturated heterocycles. The molecule has 0 unspecified atom stereocenters. The van der Waals surface area contributed by atoms with Gasteiger partial charge in [-0.3, -0.25) is 10.1 Å². The Labute approximate surface area is 136 Å². The van der Waals surface area contributed by atoms with Gasteiger partial charge in [0.1, 0.15) is 5.75 Å². The molecule has 2 aromatic carbocycles. The van der Waals surface area contributed by atoms with E-state index in [1.54, 1.807) is 30.3 Å². The summed E-state index contributed by atoms with van der Waals surface area (Å²) in [5, 5.41) is 11.5. The Bertz CT molecular complexity index is 733. The van der Waals surface area contributed by atoms with E-state index in [1.807, 2.05) is 0 Å². The normalized spacial score (nSPS) is 9.71. The van der Waals surface area contributed by atoms with Crippen molar-refractivity contribution in [1.82, 2.24) is 5.43 Å². The molecule has 9 heteroatoms. The summed E-state index contributed by atoms with van der Waals surface area (Å²) in [4.78, 5) is 33.8. The Hall–Kier alpha value is -3.62. The zero-order valence-corrected chi connectivity index (χ0v) is 12.5. The largest absolute Gasteiger partial charge is 0.452 e. The number of para-hydroxylation sites is 1. The van der Waals surface area contributed by atoms with Crippen LogP contribution in [0.5, 0.6) is 5.75 Å². The summed E-state index contributed by atoms with van der Waals surface area (Å²) in [6, 6.07) is 13.2. The minimum Gasteiger partial charge on any atom is -0.452 e. The van der Waals surface area contributed by atoms with E-state index >= 15 is 0 Å². The predicted molar refractivity (Wildman–Crippen MR) is 83.6 cm³/mol. The molecule has 0 spiro atoms. The van der Waals surface area contributed by atoms with Crippen LogP contribution in [0.2, 0.25) is 0 Å². The number of amides is 2. The lowest BCUT2D eigenvalue weighted by atomic mass is 10.3. The second-order valence-corrected chi connectivity index (χ2v) is 4.39. The summed E-state index contributed by atoms with van der Waals surface area (Å²) < 4.78 is 9.59. The molecule has 0 aliphatic carbocycles. The molecule has 0 radical (unpaired) electrons. The van der Waals surface area contributed by atoms with Crippen LogP contribution in [0.4, 0.5) is 21.0 Å². The van der Waals surface area contributed by atoms with Crippen molar-refractivity contribution < 1.29 is 24.0 Å². The Morgan fingerprint density at radius 2 is 1.71 bits per heavy atom. The summed E-state index contributed by atoms with van der Waals surface area (Å²) in [6.45, 7) is 0. The Morgan fingerprint density at radius 3 is 2.25 bits per heavy atom. The van der Waals surface area contributed by atoms with Crippen LogP contribution in [-0.4, -0.2) is 24.2 Å². The Balaban J connectivity index is 2.24. The molecule has 0 aliphatic rings. The van der Waals surface area contributed by atoms with Crippen molar-refractivity contribution in [2.45, 2.75) is 0 Å². The van der Waals surface area contributed by atoms with Gasteiger partial charge in [-0.1, -0.05) is 18.2 Å². The maximum absolute atomic E-state index is 12.3. The first-order valence-electron chi connectivity index (χ1n) is 6.67. The number of benzene rings is 2. The lowest BCUT2D eigenvalue weighted by Gasteiger charge is -2.21. The Kier molecular flexibility index (Phi) is 5.29. The van der Waals surface area contributed by atoms with Crippen LogP contribution < -0.4 is 15.2 Å². The molecule has 0 atom stereocenters. The van der Waals surface area contributed by atoms with Crippen molar-refractivity contribution in [2.75, 3.05) is 12.1 Å². The third-order valence-corrected chi connectivity index (χ3v) is 2.84. The second kappa shape index (κ2) is 7.58. The topological polar surface area (TPSA) is 111 Å². The summed E-state index contributed by atoms with van der Waals surface area (Å²) >= 11 is 0. The number of carbonyl (C=O) groups excluding carboxylic acids is 2. The standard InChI is InChI=1S/C15H13N3O6/c1-23-14(19)16-17(11-7-9-12(10-8-11)18(21)22)15(20)24-13-5-3-2-4-6-13/h2-10H,1H3,(H,16,19). The maximum Gasteiger partial charge on any atom is 0.439 e. The fourth-order valence-corrected chi connectivity index (χ4v) is 1.71. The number of hydrazine groups is 1. The third-order valence-electron chi connectivity index (χ3n) is 2.84. The second-order valence-electron chi connectivity index (χ2n) is 4.39. The Morgan fingerprint density at radius 1 is 1.08 bits per heavy atom. The number of nitrogens with one attached hydrogen (secondary N) is 1. The fraction of sp³-hybridized carbons (Fsp3) is 0.0667. The van der Waals surface area contributed by atoms with E-state index in [-0.39, 0.29) is 17.1 Å². The highest BCUT2D eigenvalue weighted by atomic mass is 16.6. The van der Waals surface area contributed by atoms with Gasteiger partial charge in [0.05, 0.1) is 17.7 Å². The third kappa shape index (κ3) is 4.19. The van der Waals surface area contributed by atoms with Gasteiger partial charge in [0.15, 0.2) is 0 Å². The number of hydrogen-bond donors (Lipinski definition) is 1. The van der Waals surface area contributed by atoms with Gasteiger partial charge in [0.2, 0.25) is 0 Å². The number of nitrogens with zero attached hydrogens (tertiary/aromatic N) is 2. The van der Waals surface area contributed by atoms with E-state index in [2.05, 4.69) is 10.2 Å². The van der Waals surface area contributed by atoms with Crippen LogP contribution in [-0.2, 0) is 4.74 Å². The lowest BCUT2D eigenvalue weighted by molar-refractivity contribution is -0.384. The van der Waals surface area contributed by atoms with Crippen molar-refractivity contribution in [3.63, 3.8) is 0 Å². The summed E-state index contributed by atoms with van der Waals surface area (Å²) in [5.41, 5.74) is 2.18. The average molecular weight is 331 g/mol. The molecular weight excluding hydrogens is 318 g/mol. The highest BCUT2D eigenvalue weighted by Gasteiger charge is 2.22. The van der Waals surface area contributed by atoms with Crippen LogP contribution in [0, 0.1) is 10.1 Å². The quantitative estimate of drug-likeness (QED) is 0.684. The molecule has 0 aromatic heterocycles. The number of rotatable bonds is 3. The SMILES string of the molecule is COC(=O)NN(C(=O)Oc1ccccc1)c1ccc([N+](=O)[O-])cc1. The lowest BCUT2D eigenvalue weighted by Crippen LogP contribution is -2.47. The van der Waals surface area contributed by atoms with E-state index in [4.69, 9.17) is 4.74 Å². The van der Waals surface area contributed by atoms with Crippen molar-refractivity contribution in [2.24, 2.45) is 0 Å². The fourth-order valence-electron chi connectivity index (χ4n) is 1.71. The molecule has 9 nitrogen and oxygen atoms in total. The van der Waals surface area contributed by atoms with Crippen LogP contribution >= 0.6 is 0 Å². The van der Waals surface area contributed by atoms with Gasteiger partial charge in [-0.25, -0.2) is 15.0 Å². The first-order chi connectivity index (χ1) is 11.5. The molecular formula is C15H13N3O6. The predicted octanol–water partition coefficient (Wildman–Crippen LogP) is 2.87. The van der Waals surface area contributed by atoms with Gasteiger partial charge in [-0.05, 0) is 24.3 Å². The number of non-ortho nitro benzene ring substituents is 1. The minimum atomic E-state index is -0.916. The zero-order chi connectivity index (χ0) is 17.5. The molecule has 2 amide bonds. The number of hydrogen-bond acceptors (Lipinski definition) is 6. The van der Waals surface area contributed by atoms with E-state index in [1.165, 1.54) is 24.3 Å². The van der Waals surface area contributed by atoms with Crippen LogP contribution in [0.15, 0.2) is 54.6 Å². The number of nitro groups is 1. The molecule has 0 bridgehead atoms. The van der Waals surface area contributed by atoms with E-state index in [0.29, 0.717) is 0 Å². The molecule has 2 aromatic rings. The zero-order valence-electron chi connectivity index (χ0n) is 12.5. The summed E-state index contributed by atoms with van der Waals surface area (Å²) in [7, 11) is 1.13. The minimum absolute atomic E-state index is 0.159. The molecule has 0 heterocycles. The van der Waals surface area contributed by atoms with Gasteiger partial charge < -0.3 is 9.47 Å². The summed E-state index contributed by atoms with van der Waals surface area (Å²) in [6.07, 6.45) is -1.82. The van der Waals surface area contributed by atoms with Crippen molar-refractivity contribution in [1.29, 1.82) is 0 Å². The average Bonchev–Trinajstić information content (AvgIpc) is 2.60. The first-order valence-corrected chi connectivity index (χ1v) is 6.67. The summed E-state index contributed by atoms with van der Waals surface area (Å²) in [5.74, 6) is 0.265. The highest BCUT2D eigenvalue weighted by Crippen LogP contribution is 2.20. The molecule has 0 saturated carbocycles. The van der Waals surface area contributed by atoms with Gasteiger partial charge in [0, 0.05) is 12.1 Å². The maximum atomic E-state index is 12.3. The number of nitro benzene ring substituents is 1. The smallest absolute Gasteiger partial charge is 0.439 e. The number of ether oxygens (including phenoxy) is 2. The van der Waals surface area contributed by atoms with Crippen molar-refractivity contribution >= 4 is 23.6 Å². The monoisotopic (exact) mass is 331 g/mol. The van der Waals surface area contributed by atoms with Crippen molar-refractivity contribution in [3.8, 4) is 5.75 Å². The first kappa shape index (κ1) is 16.7. The molecule has 24 heavy (non-hydrogen) atoms. The molecule has 124 valence electrons. The molecule has 1 N–H and O–H groups in total. The van der Waals surface area contributed by atoms with Crippen LogP contribution in [0.1, 0.15) is 0 Å².